The van der Waals surface area contributed by atoms with Crippen molar-refractivity contribution in [1.82, 2.24) is 9.97 Å². The highest BCUT2D eigenvalue weighted by Crippen LogP contribution is 2.23. The van der Waals surface area contributed by atoms with Crippen LogP contribution in [-0.2, 0) is 0 Å². The summed E-state index contributed by atoms with van der Waals surface area (Å²) in [5.41, 5.74) is 0.982. The monoisotopic (exact) mass is 286 g/mol. The summed E-state index contributed by atoms with van der Waals surface area (Å²) < 4.78 is 5.18. The lowest BCUT2D eigenvalue weighted by molar-refractivity contribution is 0.404. The molecule has 0 aliphatic carbocycles. The number of anilines is 2. The van der Waals surface area contributed by atoms with Crippen LogP contribution >= 0.6 is 0 Å². The first-order valence-corrected chi connectivity index (χ1v) is 6.96. The molecule has 2 aromatic rings. The second kappa shape index (κ2) is 5.87. The lowest BCUT2D eigenvalue weighted by atomic mass is 10.2. The van der Waals surface area contributed by atoms with Crippen molar-refractivity contribution in [1.29, 1.82) is 0 Å². The van der Waals surface area contributed by atoms with Gasteiger partial charge in [-0.2, -0.15) is 0 Å². The molecule has 6 nitrogen and oxygen atoms in total. The Morgan fingerprint density at radius 1 is 1.10 bits per heavy atom. The third-order valence-corrected chi connectivity index (χ3v) is 3.70. The van der Waals surface area contributed by atoms with Crippen LogP contribution in [0.3, 0.4) is 0 Å². The van der Waals surface area contributed by atoms with E-state index in [1.165, 1.54) is 19.1 Å². The van der Waals surface area contributed by atoms with Crippen molar-refractivity contribution >= 4 is 11.5 Å². The van der Waals surface area contributed by atoms with E-state index in [1.807, 2.05) is 18.2 Å². The van der Waals surface area contributed by atoms with Gasteiger partial charge < -0.3 is 19.5 Å². The number of H-pyrrole nitrogens is 1. The highest BCUT2D eigenvalue weighted by atomic mass is 16.5. The number of rotatable bonds is 3. The fraction of sp³-hybridized carbons (Fsp3) is 0.333. The molecule has 2 heterocycles. The summed E-state index contributed by atoms with van der Waals surface area (Å²) in [5, 5.41) is 0. The van der Waals surface area contributed by atoms with Crippen LogP contribution < -0.4 is 20.1 Å². The van der Waals surface area contributed by atoms with Crippen LogP contribution in [0.4, 0.5) is 11.5 Å². The molecule has 1 aliphatic heterocycles. The first-order chi connectivity index (χ1) is 10.3. The maximum absolute atomic E-state index is 11.7. The zero-order valence-electron chi connectivity index (χ0n) is 12.0. The average Bonchev–Trinajstić information content (AvgIpc) is 2.55. The highest BCUT2D eigenvalue weighted by molar-refractivity contribution is 5.53. The maximum atomic E-state index is 11.7. The number of nitrogens with one attached hydrogen (secondary N) is 1. The molecule has 21 heavy (non-hydrogen) atoms. The molecule has 3 rings (SSSR count). The van der Waals surface area contributed by atoms with E-state index in [9.17, 15) is 4.79 Å². The molecular weight excluding hydrogens is 268 g/mol. The van der Waals surface area contributed by atoms with Crippen LogP contribution in [0.1, 0.15) is 0 Å². The second-order valence-electron chi connectivity index (χ2n) is 4.90. The topological polar surface area (TPSA) is 61.5 Å². The molecule has 0 radical (unpaired) electrons. The standard InChI is InChI=1S/C15H18N4O2/c1-21-13-14(16-11-17-15(13)20)19-9-7-18(8-10-19)12-5-3-2-4-6-12/h2-6,11H,7-10H2,1H3,(H,16,17,20). The number of para-hydroxylation sites is 1. The summed E-state index contributed by atoms with van der Waals surface area (Å²) >= 11 is 0. The molecule has 110 valence electrons. The zero-order chi connectivity index (χ0) is 14.7. The molecule has 1 saturated heterocycles. The van der Waals surface area contributed by atoms with E-state index in [1.54, 1.807) is 0 Å². The Bertz CT molecular complexity index is 648. The van der Waals surface area contributed by atoms with Gasteiger partial charge in [-0.15, -0.1) is 0 Å². The lowest BCUT2D eigenvalue weighted by Gasteiger charge is -2.36. The van der Waals surface area contributed by atoms with Gasteiger partial charge in [0.25, 0.3) is 5.56 Å². The first-order valence-electron chi connectivity index (χ1n) is 6.96. The molecule has 0 amide bonds. The van der Waals surface area contributed by atoms with E-state index in [0.717, 1.165) is 26.2 Å². The van der Waals surface area contributed by atoms with Crippen molar-refractivity contribution in [3.63, 3.8) is 0 Å². The van der Waals surface area contributed by atoms with Gasteiger partial charge in [-0.1, -0.05) is 18.2 Å². The first kappa shape index (κ1) is 13.5. The zero-order valence-corrected chi connectivity index (χ0v) is 12.0. The van der Waals surface area contributed by atoms with Gasteiger partial charge in [0.15, 0.2) is 5.82 Å². The quantitative estimate of drug-likeness (QED) is 0.915. The second-order valence-corrected chi connectivity index (χ2v) is 4.90. The summed E-state index contributed by atoms with van der Waals surface area (Å²) in [4.78, 5) is 23.0. The smallest absolute Gasteiger partial charge is 0.295 e. The van der Waals surface area contributed by atoms with Gasteiger partial charge >= 0.3 is 0 Å². The molecule has 1 aromatic heterocycles. The third-order valence-electron chi connectivity index (χ3n) is 3.70. The Balaban J connectivity index is 1.75. The van der Waals surface area contributed by atoms with Gasteiger partial charge in [0.05, 0.1) is 13.4 Å². The van der Waals surface area contributed by atoms with Crippen LogP contribution in [0.25, 0.3) is 0 Å². The maximum Gasteiger partial charge on any atom is 0.295 e. The number of hydrogen-bond donors (Lipinski definition) is 1. The van der Waals surface area contributed by atoms with Crippen LogP contribution in [0.2, 0.25) is 0 Å². The van der Waals surface area contributed by atoms with E-state index >= 15 is 0 Å². The highest BCUT2D eigenvalue weighted by Gasteiger charge is 2.22. The van der Waals surface area contributed by atoms with E-state index in [4.69, 9.17) is 4.74 Å². The van der Waals surface area contributed by atoms with Gasteiger partial charge in [0, 0.05) is 31.9 Å². The molecule has 1 aliphatic rings. The van der Waals surface area contributed by atoms with Gasteiger partial charge in [-0.05, 0) is 12.1 Å². The summed E-state index contributed by atoms with van der Waals surface area (Å²) in [6.45, 7) is 3.40. The fourth-order valence-corrected chi connectivity index (χ4v) is 2.60. The SMILES string of the molecule is COc1c(N2CCN(c3ccccc3)CC2)nc[nH]c1=O. The Labute approximate surface area is 123 Å². The Hall–Kier alpha value is -2.50. The van der Waals surface area contributed by atoms with Gasteiger partial charge in [-0.3, -0.25) is 4.79 Å². The van der Waals surface area contributed by atoms with Crippen LogP contribution in [0, 0.1) is 0 Å². The minimum absolute atomic E-state index is 0.243. The third kappa shape index (κ3) is 2.69. The molecule has 6 heteroatoms. The summed E-state index contributed by atoms with van der Waals surface area (Å²) in [5.74, 6) is 0.902. The van der Waals surface area contributed by atoms with Crippen LogP contribution in [0.15, 0.2) is 41.5 Å². The van der Waals surface area contributed by atoms with Gasteiger partial charge in [0.2, 0.25) is 5.75 Å². The average molecular weight is 286 g/mol. The minimum atomic E-state index is -0.243. The number of hydrogen-bond acceptors (Lipinski definition) is 5. The van der Waals surface area contributed by atoms with Crippen LogP contribution in [0.5, 0.6) is 5.75 Å². The molecule has 0 spiro atoms. The predicted octanol–water partition coefficient (Wildman–Crippen LogP) is 1.11. The Morgan fingerprint density at radius 2 is 1.76 bits per heavy atom. The molecule has 0 atom stereocenters. The van der Waals surface area contributed by atoms with Crippen molar-refractivity contribution in [3.05, 3.63) is 47.0 Å². The molecule has 1 N–H and O–H groups in total. The molecule has 0 saturated carbocycles. The summed E-state index contributed by atoms with van der Waals surface area (Å²) in [6.07, 6.45) is 1.42. The van der Waals surface area contributed by atoms with Crippen molar-refractivity contribution < 1.29 is 4.74 Å². The Kier molecular flexibility index (Phi) is 3.77. The van der Waals surface area contributed by atoms with Crippen LogP contribution in [-0.4, -0.2) is 43.3 Å². The van der Waals surface area contributed by atoms with E-state index in [0.29, 0.717) is 5.82 Å². The summed E-state index contributed by atoms with van der Waals surface area (Å²) in [6, 6.07) is 10.3. The number of methoxy groups -OCH3 is 1. The summed E-state index contributed by atoms with van der Waals surface area (Å²) in [7, 11) is 1.50. The van der Waals surface area contributed by atoms with Crippen molar-refractivity contribution in [2.45, 2.75) is 0 Å². The molecule has 0 bridgehead atoms. The number of ether oxygens (including phenoxy) is 1. The lowest BCUT2D eigenvalue weighted by Crippen LogP contribution is -2.47. The molecular formula is C15H18N4O2. The molecule has 1 fully saturated rings. The van der Waals surface area contributed by atoms with Gasteiger partial charge in [-0.25, -0.2) is 4.98 Å². The number of nitrogens with zero attached hydrogens (tertiary/aromatic N) is 3. The van der Waals surface area contributed by atoms with E-state index < -0.39 is 0 Å². The minimum Gasteiger partial charge on any atom is -0.489 e. The van der Waals surface area contributed by atoms with Crippen molar-refractivity contribution in [2.75, 3.05) is 43.1 Å². The predicted molar refractivity (Wildman–Crippen MR) is 82.3 cm³/mol. The van der Waals surface area contributed by atoms with Gasteiger partial charge in [0.1, 0.15) is 0 Å². The number of benzene rings is 1. The Morgan fingerprint density at radius 3 is 2.43 bits per heavy atom. The van der Waals surface area contributed by atoms with Crippen molar-refractivity contribution in [2.24, 2.45) is 0 Å². The fourth-order valence-electron chi connectivity index (χ4n) is 2.60. The number of aromatic amines is 1. The normalized spacial score (nSPS) is 15.1. The van der Waals surface area contributed by atoms with E-state index in [2.05, 4.69) is 31.9 Å². The van der Waals surface area contributed by atoms with E-state index in [-0.39, 0.29) is 11.3 Å². The molecule has 1 aromatic carbocycles. The largest absolute Gasteiger partial charge is 0.489 e. The van der Waals surface area contributed by atoms with Crippen molar-refractivity contribution in [3.8, 4) is 5.75 Å². The number of aromatic nitrogens is 2. The molecule has 0 unspecified atom stereocenters. The number of piperazine rings is 1.